The molecule has 1 aromatic rings. The fraction of sp³-hybridized carbons (Fsp3) is 0.375. The van der Waals surface area contributed by atoms with Crippen LogP contribution in [0.3, 0.4) is 0 Å². The number of nitrogens with one attached hydrogen (secondary N) is 1. The van der Waals surface area contributed by atoms with Gasteiger partial charge in [0, 0.05) is 12.1 Å². The first kappa shape index (κ1) is 7.97. The Labute approximate surface area is 74.3 Å². The first-order valence-electron chi connectivity index (χ1n) is 4.10. The first-order valence-corrected chi connectivity index (χ1v) is 4.10. The number of aryl methyl sites for hydroxylation is 1. The molecule has 3 N–H and O–H groups in total. The summed E-state index contributed by atoms with van der Waals surface area (Å²) in [7, 11) is 0. The Morgan fingerprint density at radius 3 is 2.92 bits per heavy atom. The molecule has 0 bridgehead atoms. The van der Waals surface area contributed by atoms with E-state index in [1.165, 1.54) is 0 Å². The van der Waals surface area contributed by atoms with E-state index in [1.807, 2.05) is 0 Å². The Balaban J connectivity index is 2.56. The number of carbonyl (C=O) groups excluding carboxylic acids is 2. The second-order valence-electron chi connectivity index (χ2n) is 3.07. The second-order valence-corrected chi connectivity index (χ2v) is 3.07. The number of hydrogen-bond donors (Lipinski definition) is 2. The van der Waals surface area contributed by atoms with Gasteiger partial charge in [-0.15, -0.1) is 0 Å². The maximum Gasteiger partial charge on any atom is 0.269 e. The number of hydrogen-bond acceptors (Lipinski definition) is 3. The maximum atomic E-state index is 11.4. The lowest BCUT2D eigenvalue weighted by Crippen LogP contribution is -2.18. The molecule has 0 unspecified atom stereocenters. The van der Waals surface area contributed by atoms with Crippen LogP contribution in [-0.4, -0.2) is 21.9 Å². The molecule has 1 aromatic heterocycles. The van der Waals surface area contributed by atoms with Crippen LogP contribution in [0.2, 0.25) is 0 Å². The summed E-state index contributed by atoms with van der Waals surface area (Å²) in [5.41, 5.74) is 6.30. The van der Waals surface area contributed by atoms with Gasteiger partial charge in [-0.25, -0.2) is 0 Å². The van der Waals surface area contributed by atoms with Crippen molar-refractivity contribution in [2.24, 2.45) is 5.73 Å². The van der Waals surface area contributed by atoms with Crippen LogP contribution in [0, 0.1) is 0 Å². The molecular formula is C8H9N3O2. The Hall–Kier alpha value is -1.65. The summed E-state index contributed by atoms with van der Waals surface area (Å²) in [6, 6.07) is 0. The third kappa shape index (κ3) is 1.12. The Morgan fingerprint density at radius 2 is 2.23 bits per heavy atom. The summed E-state index contributed by atoms with van der Waals surface area (Å²) in [5.74, 6) is -0.684. The predicted molar refractivity (Wildman–Crippen MR) is 44.4 cm³/mol. The molecular weight excluding hydrogens is 170 g/mol. The van der Waals surface area contributed by atoms with Gasteiger partial charge in [-0.3, -0.25) is 14.7 Å². The second kappa shape index (κ2) is 2.69. The van der Waals surface area contributed by atoms with Crippen LogP contribution in [0.1, 0.15) is 39.4 Å². The molecule has 5 nitrogen and oxygen atoms in total. The van der Waals surface area contributed by atoms with Crippen molar-refractivity contribution in [3.8, 4) is 0 Å². The molecule has 1 aliphatic rings. The first-order chi connectivity index (χ1) is 6.20. The molecule has 2 rings (SSSR count). The van der Waals surface area contributed by atoms with Crippen molar-refractivity contribution >= 4 is 11.7 Å². The topological polar surface area (TPSA) is 88.8 Å². The molecule has 5 heteroatoms. The summed E-state index contributed by atoms with van der Waals surface area (Å²) in [4.78, 5) is 22.3. The third-order valence-corrected chi connectivity index (χ3v) is 2.18. The summed E-state index contributed by atoms with van der Waals surface area (Å²) in [6.45, 7) is 0. The van der Waals surface area contributed by atoms with Crippen molar-refractivity contribution in [1.82, 2.24) is 10.2 Å². The van der Waals surface area contributed by atoms with Gasteiger partial charge in [-0.05, 0) is 12.8 Å². The normalized spacial score (nSPS) is 15.5. The highest BCUT2D eigenvalue weighted by Gasteiger charge is 2.26. The molecule has 0 atom stereocenters. The van der Waals surface area contributed by atoms with E-state index in [4.69, 9.17) is 5.73 Å². The molecule has 0 aliphatic heterocycles. The predicted octanol–water partition coefficient (Wildman–Crippen LogP) is 0.0276. The summed E-state index contributed by atoms with van der Waals surface area (Å²) in [5, 5.41) is 6.39. The number of carbonyl (C=O) groups is 2. The smallest absolute Gasteiger partial charge is 0.269 e. The van der Waals surface area contributed by atoms with Crippen molar-refractivity contribution in [2.75, 3.05) is 0 Å². The number of aromatic nitrogens is 2. The van der Waals surface area contributed by atoms with Crippen molar-refractivity contribution < 1.29 is 9.59 Å². The lowest BCUT2D eigenvalue weighted by molar-refractivity contribution is 0.0948. The molecule has 0 saturated heterocycles. The van der Waals surface area contributed by atoms with Crippen molar-refractivity contribution in [1.29, 1.82) is 0 Å². The zero-order valence-corrected chi connectivity index (χ0v) is 6.96. The largest absolute Gasteiger partial charge is 0.364 e. The van der Waals surface area contributed by atoms with Gasteiger partial charge in [-0.2, -0.15) is 5.10 Å². The van der Waals surface area contributed by atoms with E-state index in [9.17, 15) is 9.59 Å². The summed E-state index contributed by atoms with van der Waals surface area (Å²) >= 11 is 0. The lowest BCUT2D eigenvalue weighted by atomic mass is 9.94. The van der Waals surface area contributed by atoms with Crippen molar-refractivity contribution in [3.05, 3.63) is 17.0 Å². The minimum Gasteiger partial charge on any atom is -0.364 e. The highest BCUT2D eigenvalue weighted by atomic mass is 16.1. The van der Waals surface area contributed by atoms with E-state index >= 15 is 0 Å². The monoisotopic (exact) mass is 179 g/mol. The van der Waals surface area contributed by atoms with Gasteiger partial charge < -0.3 is 5.73 Å². The fourth-order valence-corrected chi connectivity index (χ4v) is 1.59. The quantitative estimate of drug-likeness (QED) is 0.637. The molecule has 1 heterocycles. The van der Waals surface area contributed by atoms with Crippen molar-refractivity contribution in [2.45, 2.75) is 19.3 Å². The fourth-order valence-electron chi connectivity index (χ4n) is 1.59. The third-order valence-electron chi connectivity index (χ3n) is 2.18. The Morgan fingerprint density at radius 1 is 1.46 bits per heavy atom. The number of amides is 1. The number of fused-ring (bicyclic) bond motifs is 1. The van der Waals surface area contributed by atoms with Gasteiger partial charge in [0.15, 0.2) is 11.5 Å². The highest BCUT2D eigenvalue weighted by Crippen LogP contribution is 2.21. The average Bonchev–Trinajstić information content (AvgIpc) is 2.49. The summed E-state index contributed by atoms with van der Waals surface area (Å²) in [6.07, 6.45) is 2.06. The van der Waals surface area contributed by atoms with Crippen LogP contribution < -0.4 is 5.73 Å². The zero-order chi connectivity index (χ0) is 9.42. The number of aromatic amines is 1. The SMILES string of the molecule is NC(=O)c1n[nH]c2c1C(=O)CCC2. The maximum absolute atomic E-state index is 11.4. The lowest BCUT2D eigenvalue weighted by Gasteiger charge is -2.08. The van der Waals surface area contributed by atoms with Crippen LogP contribution in [0.4, 0.5) is 0 Å². The molecule has 13 heavy (non-hydrogen) atoms. The molecule has 0 spiro atoms. The molecule has 1 amide bonds. The number of H-pyrrole nitrogens is 1. The molecule has 0 aromatic carbocycles. The van der Waals surface area contributed by atoms with Crippen LogP contribution in [-0.2, 0) is 6.42 Å². The molecule has 0 fully saturated rings. The minimum atomic E-state index is -0.646. The van der Waals surface area contributed by atoms with Crippen LogP contribution in [0.25, 0.3) is 0 Å². The van der Waals surface area contributed by atoms with Crippen LogP contribution >= 0.6 is 0 Å². The minimum absolute atomic E-state index is 0.0381. The van der Waals surface area contributed by atoms with Crippen molar-refractivity contribution in [3.63, 3.8) is 0 Å². The summed E-state index contributed by atoms with van der Waals surface area (Å²) < 4.78 is 0. The van der Waals surface area contributed by atoms with Gasteiger partial charge in [0.1, 0.15) is 0 Å². The standard InChI is InChI=1S/C8H9N3O2/c9-8(13)7-6-4(10-11-7)2-1-3-5(6)12/h1-3H2,(H2,9,13)(H,10,11). The number of nitrogens with two attached hydrogens (primary N) is 1. The highest BCUT2D eigenvalue weighted by molar-refractivity contribution is 6.07. The number of primary amides is 1. The van der Waals surface area contributed by atoms with Gasteiger partial charge in [0.2, 0.25) is 0 Å². The van der Waals surface area contributed by atoms with E-state index in [0.717, 1.165) is 18.5 Å². The van der Waals surface area contributed by atoms with E-state index in [2.05, 4.69) is 10.2 Å². The number of rotatable bonds is 1. The van der Waals surface area contributed by atoms with E-state index in [0.29, 0.717) is 12.0 Å². The van der Waals surface area contributed by atoms with Crippen LogP contribution in [0.5, 0.6) is 0 Å². The number of ketones is 1. The number of Topliss-reactive ketones (excluding diaryl/α,β-unsaturated/α-hetero) is 1. The van der Waals surface area contributed by atoms with E-state index in [-0.39, 0.29) is 11.5 Å². The zero-order valence-electron chi connectivity index (χ0n) is 6.96. The Kier molecular flexibility index (Phi) is 1.65. The molecule has 0 saturated carbocycles. The van der Waals surface area contributed by atoms with Gasteiger partial charge >= 0.3 is 0 Å². The van der Waals surface area contributed by atoms with Crippen LogP contribution in [0.15, 0.2) is 0 Å². The molecule has 0 radical (unpaired) electrons. The van der Waals surface area contributed by atoms with Gasteiger partial charge in [-0.1, -0.05) is 0 Å². The number of nitrogens with zero attached hydrogens (tertiary/aromatic N) is 1. The molecule has 68 valence electrons. The molecule has 1 aliphatic carbocycles. The van der Waals surface area contributed by atoms with E-state index in [1.54, 1.807) is 0 Å². The van der Waals surface area contributed by atoms with E-state index < -0.39 is 5.91 Å². The Bertz CT molecular complexity index is 381. The van der Waals surface area contributed by atoms with Gasteiger partial charge in [0.25, 0.3) is 5.91 Å². The van der Waals surface area contributed by atoms with Gasteiger partial charge in [0.05, 0.1) is 5.56 Å². The average molecular weight is 179 g/mol.